The number of rotatable bonds is 2. The molecular weight excluding hydrogens is 177 g/mol. The smallest absolute Gasteiger partial charge is 0.306 e. The van der Waals surface area contributed by atoms with E-state index in [1.54, 1.807) is 0 Å². The third-order valence-corrected chi connectivity index (χ3v) is 1.53. The monoisotopic (exact) mass is 185 g/mol. The zero-order chi connectivity index (χ0) is 10.0. The molecule has 6 heteroatoms. The highest BCUT2D eigenvalue weighted by molar-refractivity contribution is 5.52. The minimum absolute atomic E-state index is 0.383. The van der Waals surface area contributed by atoms with E-state index in [4.69, 9.17) is 5.84 Å². The average Bonchev–Trinajstić information content (AvgIpc) is 2.04. The first kappa shape index (κ1) is 9.40. The largest absolute Gasteiger partial charge is 0.314 e. The fourth-order valence-corrected chi connectivity index (χ4v) is 0.860. The zero-order valence-electron chi connectivity index (χ0n) is 6.90. The van der Waals surface area contributed by atoms with Gasteiger partial charge in [0.25, 0.3) is 0 Å². The van der Waals surface area contributed by atoms with Crippen molar-refractivity contribution in [1.29, 1.82) is 0 Å². The van der Waals surface area contributed by atoms with E-state index in [0.29, 0.717) is 5.69 Å². The Labute approximate surface area is 73.7 Å². The van der Waals surface area contributed by atoms with Gasteiger partial charge in [0.15, 0.2) is 0 Å². The van der Waals surface area contributed by atoms with Crippen molar-refractivity contribution >= 4 is 11.4 Å². The van der Waals surface area contributed by atoms with Crippen LogP contribution in [0.3, 0.4) is 0 Å². The van der Waals surface area contributed by atoms with Gasteiger partial charge >= 0.3 is 5.69 Å². The van der Waals surface area contributed by atoms with Gasteiger partial charge in [-0.2, -0.15) is 4.39 Å². The van der Waals surface area contributed by atoms with Gasteiger partial charge in [-0.25, -0.2) is 5.84 Å². The van der Waals surface area contributed by atoms with Crippen molar-refractivity contribution in [2.24, 2.45) is 5.84 Å². The van der Waals surface area contributed by atoms with Crippen molar-refractivity contribution in [3.8, 4) is 0 Å². The second-order valence-electron chi connectivity index (χ2n) is 2.50. The lowest BCUT2D eigenvalue weighted by Crippen LogP contribution is -2.25. The van der Waals surface area contributed by atoms with Gasteiger partial charge in [0.1, 0.15) is 0 Å². The minimum Gasteiger partial charge on any atom is -0.314 e. The second kappa shape index (κ2) is 3.36. The van der Waals surface area contributed by atoms with Crippen molar-refractivity contribution < 1.29 is 9.31 Å². The fraction of sp³-hybridized carbons (Fsp3) is 0.143. The third kappa shape index (κ3) is 1.91. The molecule has 0 aliphatic rings. The number of nitro benzene ring substituents is 1. The molecule has 2 N–H and O–H groups in total. The van der Waals surface area contributed by atoms with E-state index in [-0.39, 0.29) is 0 Å². The maximum atomic E-state index is 12.8. The highest BCUT2D eigenvalue weighted by Gasteiger charge is 2.14. The first-order valence-electron chi connectivity index (χ1n) is 3.44. The Morgan fingerprint density at radius 3 is 2.69 bits per heavy atom. The van der Waals surface area contributed by atoms with E-state index in [1.807, 2.05) is 0 Å². The van der Waals surface area contributed by atoms with Gasteiger partial charge in [0.05, 0.1) is 10.6 Å². The summed E-state index contributed by atoms with van der Waals surface area (Å²) >= 11 is 0. The predicted octanol–water partition coefficient (Wildman–Crippen LogP) is 1.04. The second-order valence-corrected chi connectivity index (χ2v) is 2.50. The van der Waals surface area contributed by atoms with Crippen LogP contribution in [0.25, 0.3) is 0 Å². The Balaban J connectivity index is 3.19. The number of hydrogen-bond acceptors (Lipinski definition) is 4. The summed E-state index contributed by atoms with van der Waals surface area (Å²) in [7, 11) is 1.51. The summed E-state index contributed by atoms with van der Waals surface area (Å²) < 4.78 is 12.8. The molecule has 0 unspecified atom stereocenters. The van der Waals surface area contributed by atoms with Crippen LogP contribution in [-0.4, -0.2) is 12.0 Å². The predicted molar refractivity (Wildman–Crippen MR) is 45.6 cm³/mol. The Hall–Kier alpha value is -1.69. The Bertz CT molecular complexity index is 341. The number of nitro groups is 1. The van der Waals surface area contributed by atoms with E-state index < -0.39 is 16.4 Å². The molecule has 0 bridgehead atoms. The Morgan fingerprint density at radius 2 is 2.23 bits per heavy atom. The SMILES string of the molecule is CN(N)c1ccc(F)c([N+](=O)[O-])c1. The molecule has 0 aromatic heterocycles. The Kier molecular flexibility index (Phi) is 2.43. The van der Waals surface area contributed by atoms with E-state index in [2.05, 4.69) is 0 Å². The summed E-state index contributed by atoms with van der Waals surface area (Å²) in [5, 5.41) is 11.5. The van der Waals surface area contributed by atoms with Crippen LogP contribution >= 0.6 is 0 Å². The summed E-state index contributed by atoms with van der Waals surface area (Å²) in [5.74, 6) is 4.46. The normalized spacial score (nSPS) is 9.77. The van der Waals surface area contributed by atoms with Crippen molar-refractivity contribution in [3.05, 3.63) is 34.1 Å². The number of nitrogens with two attached hydrogens (primary N) is 1. The van der Waals surface area contributed by atoms with Gasteiger partial charge in [-0.15, -0.1) is 0 Å². The molecular formula is C7H8FN3O2. The molecule has 0 heterocycles. The summed E-state index contributed by atoms with van der Waals surface area (Å²) in [4.78, 5) is 9.51. The van der Waals surface area contributed by atoms with Crippen LogP contribution in [-0.2, 0) is 0 Å². The number of halogens is 1. The van der Waals surface area contributed by atoms with Crippen molar-refractivity contribution in [3.63, 3.8) is 0 Å². The van der Waals surface area contributed by atoms with Crippen molar-refractivity contribution in [1.82, 2.24) is 0 Å². The summed E-state index contributed by atoms with van der Waals surface area (Å²) in [6.45, 7) is 0. The summed E-state index contributed by atoms with van der Waals surface area (Å²) in [6, 6.07) is 3.45. The highest BCUT2D eigenvalue weighted by Crippen LogP contribution is 2.22. The molecule has 1 aromatic carbocycles. The quantitative estimate of drug-likeness (QED) is 0.424. The molecule has 0 atom stereocenters. The molecule has 5 nitrogen and oxygen atoms in total. The van der Waals surface area contributed by atoms with E-state index in [9.17, 15) is 14.5 Å². The zero-order valence-corrected chi connectivity index (χ0v) is 6.90. The topological polar surface area (TPSA) is 72.4 Å². The van der Waals surface area contributed by atoms with Crippen molar-refractivity contribution in [2.75, 3.05) is 12.1 Å². The van der Waals surface area contributed by atoms with Crippen molar-refractivity contribution in [2.45, 2.75) is 0 Å². The number of anilines is 1. The molecule has 0 saturated heterocycles. The summed E-state index contributed by atoms with van der Waals surface area (Å²) in [6.07, 6.45) is 0. The molecule has 0 saturated carbocycles. The Morgan fingerprint density at radius 1 is 1.62 bits per heavy atom. The van der Waals surface area contributed by atoms with Crippen LogP contribution in [0.5, 0.6) is 0 Å². The van der Waals surface area contributed by atoms with Crippen LogP contribution in [0.4, 0.5) is 15.8 Å². The maximum absolute atomic E-state index is 12.8. The first-order chi connectivity index (χ1) is 6.02. The van der Waals surface area contributed by atoms with Crippen LogP contribution in [0.2, 0.25) is 0 Å². The fourth-order valence-electron chi connectivity index (χ4n) is 0.860. The molecule has 0 amide bonds. The number of hydrogen-bond donors (Lipinski definition) is 1. The van der Waals surface area contributed by atoms with Crippen LogP contribution < -0.4 is 10.9 Å². The van der Waals surface area contributed by atoms with E-state index in [1.165, 1.54) is 18.1 Å². The average molecular weight is 185 g/mol. The van der Waals surface area contributed by atoms with Crippen LogP contribution in [0, 0.1) is 15.9 Å². The highest BCUT2D eigenvalue weighted by atomic mass is 19.1. The van der Waals surface area contributed by atoms with E-state index >= 15 is 0 Å². The number of benzene rings is 1. The van der Waals surface area contributed by atoms with Crippen LogP contribution in [0.15, 0.2) is 18.2 Å². The van der Waals surface area contributed by atoms with Gasteiger partial charge in [-0.3, -0.25) is 10.1 Å². The molecule has 1 aromatic rings. The molecule has 13 heavy (non-hydrogen) atoms. The van der Waals surface area contributed by atoms with E-state index in [0.717, 1.165) is 12.1 Å². The lowest BCUT2D eigenvalue weighted by Gasteiger charge is -2.10. The lowest BCUT2D eigenvalue weighted by molar-refractivity contribution is -0.387. The number of nitrogens with zero attached hydrogens (tertiary/aromatic N) is 2. The van der Waals surface area contributed by atoms with Crippen LogP contribution in [0.1, 0.15) is 0 Å². The maximum Gasteiger partial charge on any atom is 0.306 e. The van der Waals surface area contributed by atoms with Gasteiger partial charge in [0.2, 0.25) is 5.82 Å². The third-order valence-electron chi connectivity index (χ3n) is 1.53. The molecule has 1 rings (SSSR count). The molecule has 0 radical (unpaired) electrons. The van der Waals surface area contributed by atoms with Gasteiger partial charge in [-0.05, 0) is 12.1 Å². The molecule has 0 spiro atoms. The molecule has 0 aliphatic heterocycles. The van der Waals surface area contributed by atoms with Gasteiger partial charge < -0.3 is 5.01 Å². The molecule has 0 aliphatic carbocycles. The lowest BCUT2D eigenvalue weighted by atomic mass is 10.2. The van der Waals surface area contributed by atoms with Gasteiger partial charge in [0, 0.05) is 13.1 Å². The molecule has 0 fully saturated rings. The van der Waals surface area contributed by atoms with Gasteiger partial charge in [-0.1, -0.05) is 0 Å². The minimum atomic E-state index is -0.865. The number of hydrazine groups is 1. The standard InChI is InChI=1S/C7H8FN3O2/c1-10(9)5-2-3-6(8)7(4-5)11(12)13/h2-4H,9H2,1H3. The molecule has 70 valence electrons. The summed E-state index contributed by atoms with van der Waals surface area (Å²) in [5.41, 5.74) is -0.192. The first-order valence-corrected chi connectivity index (χ1v) is 3.44.